The summed E-state index contributed by atoms with van der Waals surface area (Å²) in [6.45, 7) is 6.63. The van der Waals surface area contributed by atoms with Gasteiger partial charge in [-0.25, -0.2) is 9.99 Å². The predicted molar refractivity (Wildman–Crippen MR) is 74.9 cm³/mol. The zero-order valence-corrected chi connectivity index (χ0v) is 12.3. The van der Waals surface area contributed by atoms with Crippen molar-refractivity contribution >= 4 is 21.7 Å². The highest BCUT2D eigenvalue weighted by Crippen LogP contribution is 2.24. The van der Waals surface area contributed by atoms with Crippen LogP contribution in [0.1, 0.15) is 38.7 Å². The van der Waals surface area contributed by atoms with E-state index in [4.69, 9.17) is 0 Å². The summed E-state index contributed by atoms with van der Waals surface area (Å²) in [4.78, 5) is 4.40. The summed E-state index contributed by atoms with van der Waals surface area (Å²) in [5.74, 6) is 0.936. The van der Waals surface area contributed by atoms with Gasteiger partial charge in [-0.2, -0.15) is 0 Å². The Hall–Kier alpha value is -0.610. The first-order chi connectivity index (χ1) is 8.08. The van der Waals surface area contributed by atoms with Crippen molar-refractivity contribution in [2.24, 2.45) is 0 Å². The van der Waals surface area contributed by atoms with E-state index in [1.807, 2.05) is 6.20 Å². The minimum absolute atomic E-state index is 0.574. The van der Waals surface area contributed by atoms with Crippen molar-refractivity contribution in [2.75, 3.05) is 5.43 Å². The maximum atomic E-state index is 4.40. The molecular formula is C13H20BrN3. The minimum Gasteiger partial charge on any atom is -0.303 e. The zero-order valence-electron chi connectivity index (χ0n) is 10.7. The number of hydrogen-bond acceptors (Lipinski definition) is 3. The van der Waals surface area contributed by atoms with Crippen LogP contribution < -0.4 is 5.43 Å². The summed E-state index contributed by atoms with van der Waals surface area (Å²) in [5.41, 5.74) is 4.66. The number of rotatable bonds is 2. The summed E-state index contributed by atoms with van der Waals surface area (Å²) >= 11 is 3.47. The second-order valence-corrected chi connectivity index (χ2v) is 5.82. The Morgan fingerprint density at radius 1 is 1.35 bits per heavy atom. The fourth-order valence-electron chi connectivity index (χ4n) is 2.37. The number of halogens is 1. The molecule has 2 atom stereocenters. The molecule has 3 nitrogen and oxygen atoms in total. The van der Waals surface area contributed by atoms with Gasteiger partial charge in [-0.05, 0) is 61.2 Å². The van der Waals surface area contributed by atoms with Crippen LogP contribution in [0.4, 0.5) is 5.82 Å². The molecule has 0 spiro atoms. The third-order valence-electron chi connectivity index (χ3n) is 3.48. The van der Waals surface area contributed by atoms with Gasteiger partial charge in [-0.15, -0.1) is 0 Å². The van der Waals surface area contributed by atoms with Gasteiger partial charge in [0, 0.05) is 22.8 Å². The molecule has 1 N–H and O–H groups in total. The maximum absolute atomic E-state index is 4.40. The smallest absolute Gasteiger partial charge is 0.140 e. The van der Waals surface area contributed by atoms with Crippen LogP contribution in [0.3, 0.4) is 0 Å². The molecule has 2 heterocycles. The van der Waals surface area contributed by atoms with Crippen LogP contribution in [0, 0.1) is 6.92 Å². The van der Waals surface area contributed by atoms with Gasteiger partial charge in [-0.1, -0.05) is 6.42 Å². The topological polar surface area (TPSA) is 28.2 Å². The first kappa shape index (κ1) is 12.8. The molecule has 0 bridgehead atoms. The largest absolute Gasteiger partial charge is 0.303 e. The van der Waals surface area contributed by atoms with Crippen molar-refractivity contribution in [1.29, 1.82) is 0 Å². The van der Waals surface area contributed by atoms with Crippen LogP contribution in [-0.2, 0) is 0 Å². The lowest BCUT2D eigenvalue weighted by molar-refractivity contribution is 0.135. The average molecular weight is 298 g/mol. The van der Waals surface area contributed by atoms with Crippen molar-refractivity contribution in [3.63, 3.8) is 0 Å². The lowest BCUT2D eigenvalue weighted by Crippen LogP contribution is -2.47. The summed E-state index contributed by atoms with van der Waals surface area (Å²) in [6.07, 6.45) is 5.70. The first-order valence-electron chi connectivity index (χ1n) is 6.25. The van der Waals surface area contributed by atoms with Gasteiger partial charge in [0.2, 0.25) is 0 Å². The third-order valence-corrected chi connectivity index (χ3v) is 4.31. The monoisotopic (exact) mass is 297 g/mol. The van der Waals surface area contributed by atoms with E-state index < -0.39 is 0 Å². The highest BCUT2D eigenvalue weighted by atomic mass is 79.9. The number of piperidine rings is 1. The van der Waals surface area contributed by atoms with E-state index in [0.717, 1.165) is 10.3 Å². The standard InChI is InChI=1S/C13H20BrN3/c1-9-7-13(15-8-12(9)14)16-17-10(2)5-4-6-11(17)3/h7-8,10-11H,4-6H2,1-3H3,(H,15,16). The van der Waals surface area contributed by atoms with E-state index in [1.54, 1.807) is 0 Å². The van der Waals surface area contributed by atoms with Gasteiger partial charge in [-0.3, -0.25) is 0 Å². The lowest BCUT2D eigenvalue weighted by atomic mass is 10.00. The fraction of sp³-hybridized carbons (Fsp3) is 0.615. The number of aryl methyl sites for hydroxylation is 1. The van der Waals surface area contributed by atoms with Crippen LogP contribution in [0.5, 0.6) is 0 Å². The third kappa shape index (κ3) is 2.99. The summed E-state index contributed by atoms with van der Waals surface area (Å²) in [7, 11) is 0. The average Bonchev–Trinajstić information content (AvgIpc) is 2.28. The Morgan fingerprint density at radius 2 is 2.00 bits per heavy atom. The zero-order chi connectivity index (χ0) is 12.4. The molecule has 2 unspecified atom stereocenters. The van der Waals surface area contributed by atoms with Crippen LogP contribution >= 0.6 is 15.9 Å². The molecule has 0 aromatic carbocycles. The number of pyridine rings is 1. The van der Waals surface area contributed by atoms with Gasteiger partial charge in [0.05, 0.1) is 0 Å². The Bertz CT molecular complexity index is 384. The van der Waals surface area contributed by atoms with Crippen LogP contribution in [0.15, 0.2) is 16.7 Å². The van der Waals surface area contributed by atoms with E-state index in [2.05, 4.69) is 58.2 Å². The maximum Gasteiger partial charge on any atom is 0.140 e. The van der Waals surface area contributed by atoms with Gasteiger partial charge in [0.1, 0.15) is 5.82 Å². The fourth-order valence-corrected chi connectivity index (χ4v) is 2.59. The van der Waals surface area contributed by atoms with E-state index >= 15 is 0 Å². The molecule has 0 radical (unpaired) electrons. The number of hydrazine groups is 1. The number of nitrogens with one attached hydrogen (secondary N) is 1. The predicted octanol–water partition coefficient (Wildman–Crippen LogP) is 3.74. The molecule has 94 valence electrons. The second kappa shape index (κ2) is 5.36. The van der Waals surface area contributed by atoms with Crippen molar-refractivity contribution in [2.45, 2.75) is 52.1 Å². The molecular weight excluding hydrogens is 278 g/mol. The van der Waals surface area contributed by atoms with Gasteiger partial charge in [0.15, 0.2) is 0 Å². The van der Waals surface area contributed by atoms with Crippen molar-refractivity contribution in [3.05, 3.63) is 22.3 Å². The van der Waals surface area contributed by atoms with E-state index in [-0.39, 0.29) is 0 Å². The molecule has 1 aliphatic rings. The summed E-state index contributed by atoms with van der Waals surface area (Å²) in [5, 5.41) is 2.33. The summed E-state index contributed by atoms with van der Waals surface area (Å²) in [6, 6.07) is 3.23. The van der Waals surface area contributed by atoms with E-state index in [1.165, 1.54) is 24.8 Å². The van der Waals surface area contributed by atoms with E-state index in [0.29, 0.717) is 12.1 Å². The molecule has 4 heteroatoms. The number of aromatic nitrogens is 1. The lowest BCUT2D eigenvalue weighted by Gasteiger charge is -2.39. The Labute approximate surface area is 112 Å². The Morgan fingerprint density at radius 3 is 2.59 bits per heavy atom. The van der Waals surface area contributed by atoms with Crippen LogP contribution in [-0.4, -0.2) is 22.1 Å². The van der Waals surface area contributed by atoms with Crippen molar-refractivity contribution in [1.82, 2.24) is 9.99 Å². The highest BCUT2D eigenvalue weighted by molar-refractivity contribution is 9.10. The van der Waals surface area contributed by atoms with Crippen LogP contribution in [0.25, 0.3) is 0 Å². The van der Waals surface area contributed by atoms with Gasteiger partial charge in [0.25, 0.3) is 0 Å². The Kier molecular flexibility index (Phi) is 4.05. The molecule has 17 heavy (non-hydrogen) atoms. The minimum atomic E-state index is 0.574. The molecule has 0 amide bonds. The molecule has 1 saturated heterocycles. The first-order valence-corrected chi connectivity index (χ1v) is 7.04. The van der Waals surface area contributed by atoms with Crippen LogP contribution in [0.2, 0.25) is 0 Å². The number of nitrogens with zero attached hydrogens (tertiary/aromatic N) is 2. The van der Waals surface area contributed by atoms with E-state index in [9.17, 15) is 0 Å². The molecule has 1 aromatic heterocycles. The number of hydrogen-bond donors (Lipinski definition) is 1. The normalized spacial score (nSPS) is 25.9. The van der Waals surface area contributed by atoms with Gasteiger partial charge < -0.3 is 5.43 Å². The Balaban J connectivity index is 2.10. The summed E-state index contributed by atoms with van der Waals surface area (Å²) < 4.78 is 1.06. The molecule has 0 saturated carbocycles. The molecule has 1 fully saturated rings. The highest BCUT2D eigenvalue weighted by Gasteiger charge is 2.24. The number of anilines is 1. The van der Waals surface area contributed by atoms with Crippen molar-refractivity contribution in [3.8, 4) is 0 Å². The quantitative estimate of drug-likeness (QED) is 0.901. The second-order valence-electron chi connectivity index (χ2n) is 4.97. The van der Waals surface area contributed by atoms with Gasteiger partial charge >= 0.3 is 0 Å². The molecule has 0 aliphatic carbocycles. The molecule has 2 rings (SSSR count). The molecule has 1 aliphatic heterocycles. The molecule has 1 aromatic rings. The van der Waals surface area contributed by atoms with Crippen molar-refractivity contribution < 1.29 is 0 Å². The SMILES string of the molecule is Cc1cc(NN2C(C)CCCC2C)ncc1Br.